The predicted molar refractivity (Wildman–Crippen MR) is 194 cm³/mol. The van der Waals surface area contributed by atoms with Crippen molar-refractivity contribution in [1.29, 1.82) is 0 Å². The number of para-hydroxylation sites is 4. The van der Waals surface area contributed by atoms with Crippen molar-refractivity contribution in [2.75, 3.05) is 4.90 Å². The van der Waals surface area contributed by atoms with Crippen molar-refractivity contribution in [2.45, 2.75) is 0 Å². The number of fused-ring (bicyclic) bond motifs is 10. The lowest BCUT2D eigenvalue weighted by Gasteiger charge is -2.27. The Morgan fingerprint density at radius 1 is 0.457 bits per heavy atom. The van der Waals surface area contributed by atoms with E-state index in [4.69, 9.17) is 8.83 Å². The highest BCUT2D eigenvalue weighted by Crippen LogP contribution is 2.50. The highest BCUT2D eigenvalue weighted by atomic mass is 32.1. The van der Waals surface area contributed by atoms with Gasteiger partial charge in [0.15, 0.2) is 0 Å². The van der Waals surface area contributed by atoms with Gasteiger partial charge in [0, 0.05) is 53.3 Å². The molecule has 0 unspecified atom stereocenters. The van der Waals surface area contributed by atoms with E-state index in [1.165, 1.54) is 25.7 Å². The fourth-order valence-electron chi connectivity index (χ4n) is 7.03. The first-order valence-electron chi connectivity index (χ1n) is 15.4. The van der Waals surface area contributed by atoms with Crippen molar-refractivity contribution in [3.05, 3.63) is 152 Å². The highest BCUT2D eigenvalue weighted by Gasteiger charge is 2.24. The maximum atomic E-state index is 6.65. The molecule has 0 spiro atoms. The van der Waals surface area contributed by atoms with Gasteiger partial charge < -0.3 is 13.7 Å². The summed E-state index contributed by atoms with van der Waals surface area (Å²) in [5.41, 5.74) is 9.08. The van der Waals surface area contributed by atoms with E-state index in [2.05, 4.69) is 144 Å². The van der Waals surface area contributed by atoms with Gasteiger partial charge in [0.1, 0.15) is 22.3 Å². The Hall–Kier alpha value is -5.84. The average Bonchev–Trinajstić information content (AvgIpc) is 3.80. The van der Waals surface area contributed by atoms with Crippen LogP contribution in [0.25, 0.3) is 75.2 Å². The summed E-state index contributed by atoms with van der Waals surface area (Å²) < 4.78 is 15.7. The fraction of sp³-hybridized carbons (Fsp3) is 0. The molecule has 3 nitrogen and oxygen atoms in total. The van der Waals surface area contributed by atoms with Gasteiger partial charge in [0.2, 0.25) is 0 Å². The number of nitrogens with zero attached hydrogens (tertiary/aromatic N) is 1. The number of rotatable bonds is 4. The van der Waals surface area contributed by atoms with Gasteiger partial charge in [0.25, 0.3) is 0 Å². The number of thiophene rings is 1. The molecule has 0 bridgehead atoms. The molecule has 46 heavy (non-hydrogen) atoms. The molecule has 0 aliphatic heterocycles. The van der Waals surface area contributed by atoms with Gasteiger partial charge in [-0.2, -0.15) is 0 Å². The SMILES string of the molecule is c1ccc(N(c2ccccc2)c2cc(-c3cc4c5ccccc5oc4c4c3sc3ccccc34)cc3oc4ccccc4c23)cc1. The van der Waals surface area contributed by atoms with E-state index in [9.17, 15) is 0 Å². The van der Waals surface area contributed by atoms with Gasteiger partial charge in [-0.1, -0.05) is 91.0 Å². The number of anilines is 3. The van der Waals surface area contributed by atoms with Crippen molar-refractivity contribution in [3.8, 4) is 11.1 Å². The van der Waals surface area contributed by atoms with Crippen molar-refractivity contribution >= 4 is 92.4 Å². The second-order valence-corrected chi connectivity index (χ2v) is 12.7. The van der Waals surface area contributed by atoms with Crippen LogP contribution in [-0.4, -0.2) is 0 Å². The maximum Gasteiger partial charge on any atom is 0.144 e. The molecular formula is C42H25NO2S. The fourth-order valence-corrected chi connectivity index (χ4v) is 8.26. The van der Waals surface area contributed by atoms with Crippen LogP contribution < -0.4 is 4.90 Å². The molecule has 0 atom stereocenters. The van der Waals surface area contributed by atoms with Gasteiger partial charge in [0.05, 0.1) is 11.1 Å². The van der Waals surface area contributed by atoms with Gasteiger partial charge in [-0.3, -0.25) is 0 Å². The normalized spacial score (nSPS) is 11.9. The Labute approximate surface area is 268 Å². The third-order valence-electron chi connectivity index (χ3n) is 9.03. The summed E-state index contributed by atoms with van der Waals surface area (Å²) in [6.45, 7) is 0. The van der Waals surface area contributed by atoms with E-state index in [0.717, 1.165) is 66.5 Å². The lowest BCUT2D eigenvalue weighted by atomic mass is 9.96. The molecular weight excluding hydrogens is 583 g/mol. The molecule has 0 aliphatic carbocycles. The van der Waals surface area contributed by atoms with Gasteiger partial charge >= 0.3 is 0 Å². The van der Waals surface area contributed by atoms with E-state index in [-0.39, 0.29) is 0 Å². The Balaban J connectivity index is 1.36. The summed E-state index contributed by atoms with van der Waals surface area (Å²) in [6.07, 6.45) is 0. The molecule has 0 aliphatic rings. The molecule has 4 heteroatoms. The smallest absolute Gasteiger partial charge is 0.144 e. The van der Waals surface area contributed by atoms with Gasteiger partial charge in [-0.05, 0) is 66.2 Å². The second kappa shape index (κ2) is 9.83. The highest BCUT2D eigenvalue weighted by molar-refractivity contribution is 7.26. The average molecular weight is 608 g/mol. The molecule has 10 aromatic rings. The summed E-state index contributed by atoms with van der Waals surface area (Å²) in [7, 11) is 0. The van der Waals surface area contributed by atoms with Crippen LogP contribution in [0.3, 0.4) is 0 Å². The molecule has 10 rings (SSSR count). The first-order valence-corrected chi connectivity index (χ1v) is 16.2. The van der Waals surface area contributed by atoms with Gasteiger partial charge in [-0.15, -0.1) is 11.3 Å². The largest absolute Gasteiger partial charge is 0.456 e. The minimum absolute atomic E-state index is 0.858. The second-order valence-electron chi connectivity index (χ2n) is 11.7. The summed E-state index contributed by atoms with van der Waals surface area (Å²) in [5.74, 6) is 0. The van der Waals surface area contributed by atoms with Crippen molar-refractivity contribution < 1.29 is 8.83 Å². The van der Waals surface area contributed by atoms with E-state index in [1.54, 1.807) is 0 Å². The lowest BCUT2D eigenvalue weighted by molar-refractivity contribution is 0.669. The van der Waals surface area contributed by atoms with Crippen molar-refractivity contribution in [1.82, 2.24) is 0 Å². The van der Waals surface area contributed by atoms with E-state index in [1.807, 2.05) is 23.5 Å². The number of furan rings is 2. The zero-order chi connectivity index (χ0) is 30.2. The predicted octanol–water partition coefficient (Wildman–Crippen LogP) is 13.0. The maximum absolute atomic E-state index is 6.65. The molecule has 3 heterocycles. The van der Waals surface area contributed by atoms with Crippen LogP contribution in [0.4, 0.5) is 17.1 Å². The van der Waals surface area contributed by atoms with E-state index in [0.29, 0.717) is 0 Å². The molecule has 0 fully saturated rings. The molecule has 3 aromatic heterocycles. The standard InChI is InChI=1S/C42H25NO2S/c1-3-13-27(14-4-1)43(28-15-5-2-6-16-28)34-23-26(24-37-39(34)30-18-8-11-21-36(30)44-37)32-25-33-29-17-7-10-20-35(29)45-41(33)40-31-19-9-12-22-38(31)46-42(32)40/h1-25H. The molecule has 7 aromatic carbocycles. The topological polar surface area (TPSA) is 29.5 Å². The number of hydrogen-bond acceptors (Lipinski definition) is 4. The minimum Gasteiger partial charge on any atom is -0.456 e. The molecule has 0 amide bonds. The van der Waals surface area contributed by atoms with Crippen LogP contribution in [0, 0.1) is 0 Å². The zero-order valence-corrected chi connectivity index (χ0v) is 25.4. The van der Waals surface area contributed by atoms with Crippen LogP contribution >= 0.6 is 11.3 Å². The van der Waals surface area contributed by atoms with Crippen LogP contribution in [0.5, 0.6) is 0 Å². The monoisotopic (exact) mass is 607 g/mol. The summed E-state index contributed by atoms with van der Waals surface area (Å²) in [5, 5.41) is 6.81. The van der Waals surface area contributed by atoms with Gasteiger partial charge in [-0.25, -0.2) is 0 Å². The Bertz CT molecular complexity index is 2710. The molecule has 0 saturated heterocycles. The van der Waals surface area contributed by atoms with E-state index < -0.39 is 0 Å². The zero-order valence-electron chi connectivity index (χ0n) is 24.6. The van der Waals surface area contributed by atoms with Crippen LogP contribution in [0.15, 0.2) is 160 Å². The third kappa shape index (κ3) is 3.71. The molecule has 0 saturated carbocycles. The quantitative estimate of drug-likeness (QED) is 0.199. The molecule has 0 radical (unpaired) electrons. The summed E-state index contributed by atoms with van der Waals surface area (Å²) in [6, 6.07) is 53.4. The number of benzene rings is 7. The lowest BCUT2D eigenvalue weighted by Crippen LogP contribution is -2.10. The van der Waals surface area contributed by atoms with Crippen LogP contribution in [-0.2, 0) is 0 Å². The summed E-state index contributed by atoms with van der Waals surface area (Å²) in [4.78, 5) is 2.35. The summed E-state index contributed by atoms with van der Waals surface area (Å²) >= 11 is 1.82. The minimum atomic E-state index is 0.858. The molecule has 216 valence electrons. The van der Waals surface area contributed by atoms with Crippen LogP contribution in [0.1, 0.15) is 0 Å². The first kappa shape index (κ1) is 25.5. The van der Waals surface area contributed by atoms with Crippen LogP contribution in [0.2, 0.25) is 0 Å². The number of hydrogen-bond donors (Lipinski definition) is 0. The Kier molecular flexibility index (Phi) is 5.45. The third-order valence-corrected chi connectivity index (χ3v) is 10.2. The van der Waals surface area contributed by atoms with E-state index >= 15 is 0 Å². The first-order chi connectivity index (χ1) is 22.8. The Morgan fingerprint density at radius 3 is 1.80 bits per heavy atom. The van der Waals surface area contributed by atoms with Crippen molar-refractivity contribution in [3.63, 3.8) is 0 Å². The Morgan fingerprint density at radius 2 is 1.07 bits per heavy atom. The molecule has 0 N–H and O–H groups in total. The van der Waals surface area contributed by atoms with Crippen molar-refractivity contribution in [2.24, 2.45) is 0 Å².